The van der Waals surface area contributed by atoms with Crippen LogP contribution in [-0.4, -0.2) is 14.9 Å². The van der Waals surface area contributed by atoms with Gasteiger partial charge in [-0.1, -0.05) is 0 Å². The van der Waals surface area contributed by atoms with Gasteiger partial charge in [-0.2, -0.15) is 5.10 Å². The molecule has 0 fully saturated rings. The zero-order chi connectivity index (χ0) is 11.5. The second kappa shape index (κ2) is 4.72. The van der Waals surface area contributed by atoms with Crippen LogP contribution in [0.2, 0.25) is 5.22 Å². The molecule has 2 aromatic rings. The van der Waals surface area contributed by atoms with Crippen molar-refractivity contribution in [2.24, 2.45) is 7.05 Å². The number of aliphatic hydroxyl groups excluding tert-OH is 1. The minimum absolute atomic E-state index is 0.263. The number of aliphatic hydroxyl groups is 1. The van der Waals surface area contributed by atoms with Crippen molar-refractivity contribution in [1.82, 2.24) is 9.78 Å². The molecule has 0 aromatic carbocycles. The van der Waals surface area contributed by atoms with E-state index in [0.717, 1.165) is 12.0 Å². The van der Waals surface area contributed by atoms with Crippen LogP contribution in [0, 0.1) is 0 Å². The summed E-state index contributed by atoms with van der Waals surface area (Å²) in [7, 11) is 1.87. The van der Waals surface area contributed by atoms with Gasteiger partial charge in [0.25, 0.3) is 0 Å². The molecule has 0 aliphatic heterocycles. The van der Waals surface area contributed by atoms with Crippen LogP contribution in [0.3, 0.4) is 0 Å². The Bertz CT molecular complexity index is 464. The SMILES string of the molecule is Cn1cc(CCC(O)c2ccoc2Cl)cn1. The van der Waals surface area contributed by atoms with E-state index in [0.29, 0.717) is 12.0 Å². The first-order valence-electron chi connectivity index (χ1n) is 5.05. The first-order chi connectivity index (χ1) is 7.66. The molecule has 86 valence electrons. The molecule has 0 amide bonds. The molecule has 0 aliphatic rings. The summed E-state index contributed by atoms with van der Waals surface area (Å²) in [6, 6.07) is 1.69. The maximum Gasteiger partial charge on any atom is 0.198 e. The fourth-order valence-corrected chi connectivity index (χ4v) is 1.84. The molecule has 5 heteroatoms. The normalized spacial score (nSPS) is 12.9. The highest BCUT2D eigenvalue weighted by atomic mass is 35.5. The highest BCUT2D eigenvalue weighted by Gasteiger charge is 2.14. The number of aryl methyl sites for hydroxylation is 2. The average Bonchev–Trinajstić information content (AvgIpc) is 2.84. The summed E-state index contributed by atoms with van der Waals surface area (Å²) in [6.07, 6.45) is 5.98. The fraction of sp³-hybridized carbons (Fsp3) is 0.364. The summed E-state index contributed by atoms with van der Waals surface area (Å²) in [5.41, 5.74) is 1.74. The van der Waals surface area contributed by atoms with Gasteiger partial charge in [0.1, 0.15) is 0 Å². The molecule has 0 saturated heterocycles. The Morgan fingerprint density at radius 1 is 1.62 bits per heavy atom. The monoisotopic (exact) mass is 240 g/mol. The average molecular weight is 241 g/mol. The smallest absolute Gasteiger partial charge is 0.198 e. The molecule has 2 heterocycles. The molecular formula is C11H13ClN2O2. The molecule has 2 rings (SSSR count). The molecule has 1 N–H and O–H groups in total. The molecule has 2 aromatic heterocycles. The van der Waals surface area contributed by atoms with Crippen molar-refractivity contribution >= 4 is 11.6 Å². The van der Waals surface area contributed by atoms with E-state index in [1.165, 1.54) is 6.26 Å². The predicted octanol–water partition coefficient (Wildman–Crippen LogP) is 2.33. The summed E-state index contributed by atoms with van der Waals surface area (Å²) in [6.45, 7) is 0. The van der Waals surface area contributed by atoms with E-state index in [2.05, 4.69) is 5.10 Å². The van der Waals surface area contributed by atoms with E-state index in [1.54, 1.807) is 16.9 Å². The topological polar surface area (TPSA) is 51.2 Å². The van der Waals surface area contributed by atoms with E-state index in [9.17, 15) is 5.11 Å². The quantitative estimate of drug-likeness (QED) is 0.893. The molecule has 16 heavy (non-hydrogen) atoms. The summed E-state index contributed by atoms with van der Waals surface area (Å²) in [5.74, 6) is 0. The maximum absolute atomic E-state index is 9.89. The van der Waals surface area contributed by atoms with Gasteiger partial charge in [0.15, 0.2) is 5.22 Å². The van der Waals surface area contributed by atoms with E-state index in [1.807, 2.05) is 13.2 Å². The Morgan fingerprint density at radius 3 is 3.00 bits per heavy atom. The molecule has 1 unspecified atom stereocenters. The van der Waals surface area contributed by atoms with E-state index < -0.39 is 6.10 Å². The number of hydrogen-bond acceptors (Lipinski definition) is 3. The van der Waals surface area contributed by atoms with Crippen molar-refractivity contribution in [2.45, 2.75) is 18.9 Å². The predicted molar refractivity (Wildman–Crippen MR) is 60.2 cm³/mol. The first kappa shape index (κ1) is 11.2. The largest absolute Gasteiger partial charge is 0.453 e. The second-order valence-corrected chi connectivity index (χ2v) is 4.07. The number of halogens is 1. The van der Waals surface area contributed by atoms with Gasteiger partial charge < -0.3 is 9.52 Å². The number of hydrogen-bond donors (Lipinski definition) is 1. The lowest BCUT2D eigenvalue weighted by molar-refractivity contribution is 0.167. The van der Waals surface area contributed by atoms with Crippen molar-refractivity contribution < 1.29 is 9.52 Å². The minimum Gasteiger partial charge on any atom is -0.453 e. The maximum atomic E-state index is 9.89. The number of nitrogens with zero attached hydrogens (tertiary/aromatic N) is 2. The Kier molecular flexibility index (Phi) is 3.31. The lowest BCUT2D eigenvalue weighted by Crippen LogP contribution is -1.98. The van der Waals surface area contributed by atoms with Gasteiger partial charge in [0.05, 0.1) is 18.6 Å². The van der Waals surface area contributed by atoms with Gasteiger partial charge in [-0.3, -0.25) is 4.68 Å². The molecule has 0 bridgehead atoms. The van der Waals surface area contributed by atoms with Crippen LogP contribution in [-0.2, 0) is 13.5 Å². The molecule has 1 atom stereocenters. The molecule has 0 aliphatic carbocycles. The van der Waals surface area contributed by atoms with Gasteiger partial charge >= 0.3 is 0 Å². The van der Waals surface area contributed by atoms with Crippen LogP contribution >= 0.6 is 11.6 Å². The summed E-state index contributed by atoms with van der Waals surface area (Å²) in [5, 5.41) is 14.2. The number of furan rings is 1. The fourth-order valence-electron chi connectivity index (χ4n) is 1.60. The van der Waals surface area contributed by atoms with Crippen molar-refractivity contribution in [3.8, 4) is 0 Å². The zero-order valence-corrected chi connectivity index (χ0v) is 9.68. The van der Waals surface area contributed by atoms with Gasteiger partial charge in [-0.15, -0.1) is 0 Å². The first-order valence-corrected chi connectivity index (χ1v) is 5.43. The molecule has 4 nitrogen and oxygen atoms in total. The lowest BCUT2D eigenvalue weighted by atomic mass is 10.1. The number of aromatic nitrogens is 2. The standard InChI is InChI=1S/C11H13ClN2O2/c1-14-7-8(6-13-14)2-3-10(15)9-4-5-16-11(9)12/h4-7,10,15H,2-3H2,1H3. The summed E-state index contributed by atoms with van der Waals surface area (Å²) < 4.78 is 6.67. The molecule has 0 spiro atoms. The van der Waals surface area contributed by atoms with Gasteiger partial charge in [-0.25, -0.2) is 0 Å². The van der Waals surface area contributed by atoms with Crippen molar-refractivity contribution in [1.29, 1.82) is 0 Å². The van der Waals surface area contributed by atoms with Crippen LogP contribution in [0.1, 0.15) is 23.7 Å². The molecule has 0 radical (unpaired) electrons. The van der Waals surface area contributed by atoms with Crippen LogP contribution in [0.4, 0.5) is 0 Å². The van der Waals surface area contributed by atoms with Crippen LogP contribution in [0.25, 0.3) is 0 Å². The lowest BCUT2D eigenvalue weighted by Gasteiger charge is -2.07. The third-order valence-corrected chi connectivity index (χ3v) is 2.78. The Morgan fingerprint density at radius 2 is 2.44 bits per heavy atom. The van der Waals surface area contributed by atoms with Crippen LogP contribution in [0.5, 0.6) is 0 Å². The summed E-state index contributed by atoms with van der Waals surface area (Å²) in [4.78, 5) is 0. The highest BCUT2D eigenvalue weighted by molar-refractivity contribution is 6.29. The van der Waals surface area contributed by atoms with Crippen LogP contribution < -0.4 is 0 Å². The second-order valence-electron chi connectivity index (χ2n) is 3.73. The molecular weight excluding hydrogens is 228 g/mol. The molecule has 0 saturated carbocycles. The van der Waals surface area contributed by atoms with Crippen LogP contribution in [0.15, 0.2) is 29.1 Å². The van der Waals surface area contributed by atoms with E-state index in [-0.39, 0.29) is 5.22 Å². The Hall–Kier alpha value is -1.26. The number of rotatable bonds is 4. The van der Waals surface area contributed by atoms with Crippen molar-refractivity contribution in [2.75, 3.05) is 0 Å². The van der Waals surface area contributed by atoms with Gasteiger partial charge in [0, 0.05) is 18.8 Å². The minimum atomic E-state index is -0.591. The van der Waals surface area contributed by atoms with Gasteiger partial charge in [-0.05, 0) is 36.1 Å². The van der Waals surface area contributed by atoms with E-state index >= 15 is 0 Å². The summed E-state index contributed by atoms with van der Waals surface area (Å²) >= 11 is 5.78. The Labute approximate surface area is 98.4 Å². The third-order valence-electron chi connectivity index (χ3n) is 2.47. The van der Waals surface area contributed by atoms with Gasteiger partial charge in [0.2, 0.25) is 0 Å². The van der Waals surface area contributed by atoms with Crippen molar-refractivity contribution in [3.63, 3.8) is 0 Å². The van der Waals surface area contributed by atoms with Crippen molar-refractivity contribution in [3.05, 3.63) is 41.1 Å². The Balaban J connectivity index is 1.93. The third kappa shape index (κ3) is 2.46. The van der Waals surface area contributed by atoms with E-state index in [4.69, 9.17) is 16.0 Å². The zero-order valence-electron chi connectivity index (χ0n) is 8.93. The highest BCUT2D eigenvalue weighted by Crippen LogP contribution is 2.26.